The van der Waals surface area contributed by atoms with Gasteiger partial charge in [0, 0.05) is 13.6 Å². The van der Waals surface area contributed by atoms with E-state index in [0.717, 1.165) is 8.79 Å². The third-order valence-electron chi connectivity index (χ3n) is 1.72. The molecule has 0 aliphatic rings. The summed E-state index contributed by atoms with van der Waals surface area (Å²) in [5.41, 5.74) is 5.41. The van der Waals surface area contributed by atoms with Crippen LogP contribution in [0.15, 0.2) is 15.9 Å². The van der Waals surface area contributed by atoms with Gasteiger partial charge in [0.2, 0.25) is 0 Å². The Morgan fingerprint density at radius 2 is 2.43 bits per heavy atom. The number of nitrogens with two attached hydrogens (primary N) is 1. The standard InChI is InChI=1S/C8H11BrN2O2S/c1-11(4-5(10)8(12)13)7-3-2-6(9)14-7/h2-3,5H,4,10H2,1H3,(H,12,13). The van der Waals surface area contributed by atoms with Crippen LogP contribution in [0.1, 0.15) is 0 Å². The molecule has 78 valence electrons. The minimum absolute atomic E-state index is 0.308. The van der Waals surface area contributed by atoms with Crippen LogP contribution < -0.4 is 10.6 Å². The molecule has 4 nitrogen and oxygen atoms in total. The maximum absolute atomic E-state index is 10.5. The van der Waals surface area contributed by atoms with E-state index in [-0.39, 0.29) is 0 Å². The molecule has 3 N–H and O–H groups in total. The summed E-state index contributed by atoms with van der Waals surface area (Å²) in [7, 11) is 1.82. The number of hydrogen-bond donors (Lipinski definition) is 2. The summed E-state index contributed by atoms with van der Waals surface area (Å²) in [6, 6.07) is 2.99. The molecule has 1 unspecified atom stereocenters. The number of aliphatic carboxylic acids is 1. The van der Waals surface area contributed by atoms with Gasteiger partial charge in [-0.05, 0) is 28.1 Å². The molecule has 1 aromatic rings. The Balaban J connectivity index is 2.58. The molecular formula is C8H11BrN2O2S. The van der Waals surface area contributed by atoms with Gasteiger partial charge in [0.1, 0.15) is 6.04 Å². The van der Waals surface area contributed by atoms with Crippen LogP contribution in [0.5, 0.6) is 0 Å². The molecule has 1 aromatic heterocycles. The summed E-state index contributed by atoms with van der Waals surface area (Å²) < 4.78 is 1.02. The second-order valence-electron chi connectivity index (χ2n) is 2.90. The predicted molar refractivity (Wildman–Crippen MR) is 60.9 cm³/mol. The van der Waals surface area contributed by atoms with Crippen molar-refractivity contribution in [3.63, 3.8) is 0 Å². The molecule has 1 rings (SSSR count). The van der Waals surface area contributed by atoms with Crippen molar-refractivity contribution >= 4 is 38.2 Å². The van der Waals surface area contributed by atoms with E-state index in [1.165, 1.54) is 0 Å². The summed E-state index contributed by atoms with van der Waals surface area (Å²) in [5, 5.41) is 9.62. The topological polar surface area (TPSA) is 66.6 Å². The van der Waals surface area contributed by atoms with Crippen LogP contribution in [-0.2, 0) is 4.79 Å². The maximum atomic E-state index is 10.5. The van der Waals surface area contributed by atoms with Crippen LogP contribution in [0.2, 0.25) is 0 Å². The highest BCUT2D eigenvalue weighted by Crippen LogP contribution is 2.28. The van der Waals surface area contributed by atoms with E-state index in [4.69, 9.17) is 10.8 Å². The lowest BCUT2D eigenvalue weighted by Gasteiger charge is -2.18. The van der Waals surface area contributed by atoms with Gasteiger partial charge in [-0.1, -0.05) is 0 Å². The highest BCUT2D eigenvalue weighted by Gasteiger charge is 2.15. The monoisotopic (exact) mass is 278 g/mol. The molecule has 0 saturated carbocycles. The zero-order valence-electron chi connectivity index (χ0n) is 7.61. The Labute approximate surface area is 94.5 Å². The molecule has 0 saturated heterocycles. The molecule has 14 heavy (non-hydrogen) atoms. The number of carboxylic acids is 1. The first kappa shape index (κ1) is 11.5. The first-order valence-corrected chi connectivity index (χ1v) is 5.56. The van der Waals surface area contributed by atoms with E-state index in [1.54, 1.807) is 11.3 Å². The number of thiophene rings is 1. The maximum Gasteiger partial charge on any atom is 0.322 e. The molecule has 0 spiro atoms. The molecule has 0 aromatic carbocycles. The van der Waals surface area contributed by atoms with Crippen molar-refractivity contribution in [1.29, 1.82) is 0 Å². The minimum atomic E-state index is -0.979. The van der Waals surface area contributed by atoms with Crippen molar-refractivity contribution < 1.29 is 9.90 Å². The van der Waals surface area contributed by atoms with Gasteiger partial charge in [-0.15, -0.1) is 11.3 Å². The van der Waals surface area contributed by atoms with E-state index in [1.807, 2.05) is 24.1 Å². The van der Waals surface area contributed by atoms with Gasteiger partial charge in [-0.3, -0.25) is 4.79 Å². The molecule has 6 heteroatoms. The normalized spacial score (nSPS) is 12.5. The van der Waals surface area contributed by atoms with Crippen molar-refractivity contribution in [2.75, 3.05) is 18.5 Å². The highest BCUT2D eigenvalue weighted by atomic mass is 79.9. The third kappa shape index (κ3) is 2.97. The Hall–Kier alpha value is -0.590. The van der Waals surface area contributed by atoms with Crippen LogP contribution >= 0.6 is 27.3 Å². The van der Waals surface area contributed by atoms with Crippen molar-refractivity contribution in [3.05, 3.63) is 15.9 Å². The number of hydrogen-bond acceptors (Lipinski definition) is 4. The number of nitrogens with zero attached hydrogens (tertiary/aromatic N) is 1. The van der Waals surface area contributed by atoms with Crippen molar-refractivity contribution in [1.82, 2.24) is 0 Å². The molecule has 0 bridgehead atoms. The number of halogens is 1. The van der Waals surface area contributed by atoms with Gasteiger partial charge in [0.25, 0.3) is 0 Å². The summed E-state index contributed by atoms with van der Waals surface area (Å²) in [6.45, 7) is 0.308. The van der Waals surface area contributed by atoms with E-state index in [2.05, 4.69) is 15.9 Å². The van der Waals surface area contributed by atoms with E-state index < -0.39 is 12.0 Å². The first-order chi connectivity index (χ1) is 6.50. The highest BCUT2D eigenvalue weighted by molar-refractivity contribution is 9.11. The zero-order valence-corrected chi connectivity index (χ0v) is 10.0. The van der Waals surface area contributed by atoms with Crippen LogP contribution in [0.4, 0.5) is 5.00 Å². The van der Waals surface area contributed by atoms with E-state index in [0.29, 0.717) is 6.54 Å². The summed E-state index contributed by atoms with van der Waals surface area (Å²) >= 11 is 4.88. The van der Waals surface area contributed by atoms with Gasteiger partial charge >= 0.3 is 5.97 Å². The lowest BCUT2D eigenvalue weighted by molar-refractivity contribution is -0.138. The third-order valence-corrected chi connectivity index (χ3v) is 3.46. The number of anilines is 1. The summed E-state index contributed by atoms with van der Waals surface area (Å²) in [4.78, 5) is 12.3. The first-order valence-electron chi connectivity index (χ1n) is 3.95. The number of rotatable bonds is 4. The Bertz CT molecular complexity index is 329. The lowest BCUT2D eigenvalue weighted by atomic mass is 10.3. The van der Waals surface area contributed by atoms with E-state index in [9.17, 15) is 4.79 Å². The Morgan fingerprint density at radius 3 is 2.86 bits per heavy atom. The number of carbonyl (C=O) groups is 1. The Kier molecular flexibility index (Phi) is 3.91. The van der Waals surface area contributed by atoms with Gasteiger partial charge < -0.3 is 15.7 Å². The van der Waals surface area contributed by atoms with Gasteiger partial charge in [0.15, 0.2) is 0 Å². The molecule has 1 heterocycles. The van der Waals surface area contributed by atoms with Crippen molar-refractivity contribution in [3.8, 4) is 0 Å². The second kappa shape index (κ2) is 4.77. The molecule has 0 radical (unpaired) electrons. The van der Waals surface area contributed by atoms with Crippen molar-refractivity contribution in [2.24, 2.45) is 5.73 Å². The van der Waals surface area contributed by atoms with E-state index >= 15 is 0 Å². The fourth-order valence-electron chi connectivity index (χ4n) is 0.973. The van der Waals surface area contributed by atoms with Gasteiger partial charge in [-0.2, -0.15) is 0 Å². The SMILES string of the molecule is CN(CC(N)C(=O)O)c1ccc(Br)s1. The zero-order chi connectivity index (χ0) is 10.7. The van der Waals surface area contributed by atoms with Crippen LogP contribution in [0, 0.1) is 0 Å². The summed E-state index contributed by atoms with van der Waals surface area (Å²) in [6.07, 6.45) is 0. The van der Waals surface area contributed by atoms with Crippen molar-refractivity contribution in [2.45, 2.75) is 6.04 Å². The fourth-order valence-corrected chi connectivity index (χ4v) is 2.31. The lowest BCUT2D eigenvalue weighted by Crippen LogP contribution is -2.41. The quantitative estimate of drug-likeness (QED) is 0.873. The molecule has 1 atom stereocenters. The van der Waals surface area contributed by atoms with Gasteiger partial charge in [-0.25, -0.2) is 0 Å². The molecule has 0 fully saturated rings. The van der Waals surface area contributed by atoms with Gasteiger partial charge in [0.05, 0.1) is 8.79 Å². The minimum Gasteiger partial charge on any atom is -0.480 e. The Morgan fingerprint density at radius 1 is 1.79 bits per heavy atom. The fraction of sp³-hybridized carbons (Fsp3) is 0.375. The molecular weight excluding hydrogens is 268 g/mol. The largest absolute Gasteiger partial charge is 0.480 e. The van der Waals surface area contributed by atoms with Crippen LogP contribution in [0.25, 0.3) is 0 Å². The second-order valence-corrected chi connectivity index (χ2v) is 5.34. The number of carboxylic acid groups (broad SMARTS) is 1. The molecule has 0 amide bonds. The molecule has 0 aliphatic heterocycles. The number of likely N-dealkylation sites (N-methyl/N-ethyl adjacent to an activating group) is 1. The average molecular weight is 279 g/mol. The summed E-state index contributed by atoms with van der Waals surface area (Å²) in [5.74, 6) is -0.979. The van der Waals surface area contributed by atoms with Crippen LogP contribution in [-0.4, -0.2) is 30.7 Å². The van der Waals surface area contributed by atoms with Crippen LogP contribution in [0.3, 0.4) is 0 Å². The predicted octanol–water partition coefficient (Wildman–Crippen LogP) is 1.36. The molecule has 0 aliphatic carbocycles. The average Bonchev–Trinajstić information content (AvgIpc) is 2.51. The smallest absolute Gasteiger partial charge is 0.322 e.